The van der Waals surface area contributed by atoms with Crippen molar-refractivity contribution >= 4 is 5.91 Å². The topological polar surface area (TPSA) is 55.6 Å². The molecule has 0 saturated carbocycles. The quantitative estimate of drug-likeness (QED) is 0.810. The smallest absolute Gasteiger partial charge is 0.240 e. The van der Waals surface area contributed by atoms with Gasteiger partial charge in [-0.3, -0.25) is 4.79 Å². The number of carbonyl (C=O) groups excluding carboxylic acids is 1. The maximum atomic E-state index is 12.3. The van der Waals surface area contributed by atoms with Gasteiger partial charge < -0.3 is 15.4 Å². The summed E-state index contributed by atoms with van der Waals surface area (Å²) in [6, 6.07) is -0.441. The molecule has 4 nitrogen and oxygen atoms in total. The van der Waals surface area contributed by atoms with Crippen LogP contribution in [0.4, 0.5) is 0 Å². The molecule has 1 fully saturated rings. The van der Waals surface area contributed by atoms with E-state index in [0.29, 0.717) is 13.1 Å². The highest BCUT2D eigenvalue weighted by molar-refractivity contribution is 5.82. The SMILES string of the molecule is CCN(CC1CCCO1)C(=O)[C@H](N)C(C)(C)C. The fourth-order valence-electron chi connectivity index (χ4n) is 1.98. The number of rotatable bonds is 4. The van der Waals surface area contributed by atoms with Gasteiger partial charge in [0.2, 0.25) is 5.91 Å². The minimum absolute atomic E-state index is 0.0375. The summed E-state index contributed by atoms with van der Waals surface area (Å²) < 4.78 is 5.57. The zero-order valence-electron chi connectivity index (χ0n) is 11.5. The van der Waals surface area contributed by atoms with Gasteiger partial charge in [-0.2, -0.15) is 0 Å². The summed E-state index contributed by atoms with van der Waals surface area (Å²) in [5, 5.41) is 0. The Hall–Kier alpha value is -0.610. The van der Waals surface area contributed by atoms with Gasteiger partial charge in [-0.05, 0) is 25.2 Å². The van der Waals surface area contributed by atoms with Crippen molar-refractivity contribution in [1.82, 2.24) is 4.90 Å². The first kappa shape index (κ1) is 14.5. The second-order valence-corrected chi connectivity index (χ2v) is 5.86. The fraction of sp³-hybridized carbons (Fsp3) is 0.923. The number of likely N-dealkylation sites (N-methyl/N-ethyl adjacent to an activating group) is 1. The van der Waals surface area contributed by atoms with Gasteiger partial charge in [-0.15, -0.1) is 0 Å². The molecule has 1 aliphatic heterocycles. The fourth-order valence-corrected chi connectivity index (χ4v) is 1.98. The molecule has 0 aromatic rings. The predicted molar refractivity (Wildman–Crippen MR) is 68.7 cm³/mol. The van der Waals surface area contributed by atoms with Crippen molar-refractivity contribution in [2.24, 2.45) is 11.1 Å². The Balaban J connectivity index is 2.57. The van der Waals surface area contributed by atoms with Crippen LogP contribution in [0.2, 0.25) is 0 Å². The van der Waals surface area contributed by atoms with Crippen LogP contribution in [0.15, 0.2) is 0 Å². The van der Waals surface area contributed by atoms with Gasteiger partial charge in [0.1, 0.15) is 0 Å². The summed E-state index contributed by atoms with van der Waals surface area (Å²) in [7, 11) is 0. The van der Waals surface area contributed by atoms with Crippen LogP contribution in [0, 0.1) is 5.41 Å². The molecule has 0 bridgehead atoms. The second kappa shape index (κ2) is 5.83. The Labute approximate surface area is 104 Å². The molecule has 0 spiro atoms. The van der Waals surface area contributed by atoms with E-state index in [0.717, 1.165) is 19.4 Å². The van der Waals surface area contributed by atoms with E-state index < -0.39 is 6.04 Å². The molecule has 1 saturated heterocycles. The maximum Gasteiger partial charge on any atom is 0.240 e. The minimum atomic E-state index is -0.441. The molecular weight excluding hydrogens is 216 g/mol. The lowest BCUT2D eigenvalue weighted by atomic mass is 9.86. The van der Waals surface area contributed by atoms with Crippen molar-refractivity contribution in [3.05, 3.63) is 0 Å². The van der Waals surface area contributed by atoms with Crippen LogP contribution in [0.3, 0.4) is 0 Å². The monoisotopic (exact) mass is 242 g/mol. The first-order chi connectivity index (χ1) is 7.86. The average molecular weight is 242 g/mol. The zero-order valence-corrected chi connectivity index (χ0v) is 11.5. The van der Waals surface area contributed by atoms with Crippen molar-refractivity contribution in [3.63, 3.8) is 0 Å². The van der Waals surface area contributed by atoms with Gasteiger partial charge in [-0.1, -0.05) is 20.8 Å². The van der Waals surface area contributed by atoms with Crippen molar-refractivity contribution in [1.29, 1.82) is 0 Å². The molecular formula is C13H26N2O2. The number of ether oxygens (including phenoxy) is 1. The van der Waals surface area contributed by atoms with Crippen molar-refractivity contribution < 1.29 is 9.53 Å². The first-order valence-corrected chi connectivity index (χ1v) is 6.52. The van der Waals surface area contributed by atoms with Crippen LogP contribution in [0.5, 0.6) is 0 Å². The molecule has 2 atom stereocenters. The molecule has 1 rings (SSSR count). The largest absolute Gasteiger partial charge is 0.376 e. The van der Waals surface area contributed by atoms with E-state index in [1.807, 2.05) is 32.6 Å². The van der Waals surface area contributed by atoms with Gasteiger partial charge in [0.25, 0.3) is 0 Å². The highest BCUT2D eigenvalue weighted by Gasteiger charge is 2.32. The molecule has 4 heteroatoms. The number of nitrogens with zero attached hydrogens (tertiary/aromatic N) is 1. The first-order valence-electron chi connectivity index (χ1n) is 6.52. The summed E-state index contributed by atoms with van der Waals surface area (Å²) in [5.41, 5.74) is 5.82. The van der Waals surface area contributed by atoms with E-state index in [1.165, 1.54) is 0 Å². The minimum Gasteiger partial charge on any atom is -0.376 e. The number of nitrogens with two attached hydrogens (primary N) is 1. The van der Waals surface area contributed by atoms with Gasteiger partial charge in [-0.25, -0.2) is 0 Å². The van der Waals surface area contributed by atoms with Crippen LogP contribution in [0.1, 0.15) is 40.5 Å². The Kier molecular flexibility index (Phi) is 4.95. The van der Waals surface area contributed by atoms with E-state index >= 15 is 0 Å². The normalized spacial score (nSPS) is 22.5. The third kappa shape index (κ3) is 3.96. The zero-order chi connectivity index (χ0) is 13.1. The van der Waals surface area contributed by atoms with E-state index in [4.69, 9.17) is 10.5 Å². The molecule has 0 aromatic carbocycles. The van der Waals surface area contributed by atoms with E-state index in [9.17, 15) is 4.79 Å². The summed E-state index contributed by atoms with van der Waals surface area (Å²) in [4.78, 5) is 14.1. The van der Waals surface area contributed by atoms with Gasteiger partial charge in [0.15, 0.2) is 0 Å². The predicted octanol–water partition coefficient (Wildman–Crippen LogP) is 1.39. The summed E-state index contributed by atoms with van der Waals surface area (Å²) in [6.45, 7) is 10.2. The van der Waals surface area contributed by atoms with E-state index in [2.05, 4.69) is 0 Å². The summed E-state index contributed by atoms with van der Waals surface area (Å²) in [5.74, 6) is 0.0375. The van der Waals surface area contributed by atoms with Gasteiger partial charge >= 0.3 is 0 Å². The van der Waals surface area contributed by atoms with Crippen LogP contribution < -0.4 is 5.73 Å². The Morgan fingerprint density at radius 3 is 2.59 bits per heavy atom. The van der Waals surface area contributed by atoms with Crippen molar-refractivity contribution in [3.8, 4) is 0 Å². The number of hydrogen-bond donors (Lipinski definition) is 1. The van der Waals surface area contributed by atoms with Crippen LogP contribution in [0.25, 0.3) is 0 Å². The standard InChI is InChI=1S/C13H26N2O2/c1-5-15(9-10-7-6-8-17-10)12(16)11(14)13(2,3)4/h10-11H,5-9,14H2,1-4H3/t10?,11-/m0/s1. The Bertz CT molecular complexity index is 255. The lowest BCUT2D eigenvalue weighted by Gasteiger charge is -2.32. The molecule has 1 unspecified atom stereocenters. The molecule has 1 heterocycles. The molecule has 1 amide bonds. The third-order valence-corrected chi connectivity index (χ3v) is 3.34. The number of carbonyl (C=O) groups is 1. The summed E-state index contributed by atoms with van der Waals surface area (Å²) >= 11 is 0. The highest BCUT2D eigenvalue weighted by atomic mass is 16.5. The maximum absolute atomic E-state index is 12.3. The molecule has 0 aromatic heterocycles. The molecule has 100 valence electrons. The van der Waals surface area contributed by atoms with E-state index in [-0.39, 0.29) is 17.4 Å². The van der Waals surface area contributed by atoms with Crippen molar-refractivity contribution in [2.75, 3.05) is 19.7 Å². The summed E-state index contributed by atoms with van der Waals surface area (Å²) in [6.07, 6.45) is 2.35. The average Bonchev–Trinajstić information content (AvgIpc) is 2.75. The molecule has 0 aliphatic carbocycles. The molecule has 1 aliphatic rings. The van der Waals surface area contributed by atoms with Crippen LogP contribution >= 0.6 is 0 Å². The Morgan fingerprint density at radius 2 is 2.18 bits per heavy atom. The number of amides is 1. The Morgan fingerprint density at radius 1 is 1.53 bits per heavy atom. The lowest BCUT2D eigenvalue weighted by Crippen LogP contribution is -2.51. The molecule has 0 radical (unpaired) electrons. The lowest BCUT2D eigenvalue weighted by molar-refractivity contribution is -0.136. The van der Waals surface area contributed by atoms with Gasteiger partial charge in [0.05, 0.1) is 12.1 Å². The molecule has 17 heavy (non-hydrogen) atoms. The van der Waals surface area contributed by atoms with Crippen LogP contribution in [-0.2, 0) is 9.53 Å². The van der Waals surface area contributed by atoms with Crippen LogP contribution in [-0.4, -0.2) is 42.6 Å². The number of hydrogen-bond acceptors (Lipinski definition) is 3. The van der Waals surface area contributed by atoms with Gasteiger partial charge in [0, 0.05) is 19.7 Å². The molecule has 2 N–H and O–H groups in total. The second-order valence-electron chi connectivity index (χ2n) is 5.86. The van der Waals surface area contributed by atoms with E-state index in [1.54, 1.807) is 0 Å². The van der Waals surface area contributed by atoms with Crippen molar-refractivity contribution in [2.45, 2.75) is 52.7 Å². The highest BCUT2D eigenvalue weighted by Crippen LogP contribution is 2.20. The third-order valence-electron chi connectivity index (χ3n) is 3.34.